The molecule has 0 fully saturated rings. The van der Waals surface area contributed by atoms with Crippen LogP contribution in [0.2, 0.25) is 0 Å². The predicted molar refractivity (Wildman–Crippen MR) is 79.5 cm³/mol. The summed E-state index contributed by atoms with van der Waals surface area (Å²) in [6.45, 7) is 6.14. The zero-order chi connectivity index (χ0) is 13.9. The molecule has 1 unspecified atom stereocenters. The summed E-state index contributed by atoms with van der Waals surface area (Å²) in [5, 5.41) is 0. The molecule has 0 spiro atoms. The van der Waals surface area contributed by atoms with Crippen LogP contribution >= 0.6 is 0 Å². The van der Waals surface area contributed by atoms with Gasteiger partial charge in [-0.25, -0.2) is 0 Å². The summed E-state index contributed by atoms with van der Waals surface area (Å²) in [4.78, 5) is 11.6. The quantitative estimate of drug-likeness (QED) is 0.752. The average Bonchev–Trinajstić information content (AvgIpc) is 2.39. The van der Waals surface area contributed by atoms with Crippen LogP contribution in [0.15, 0.2) is 48.5 Å². The van der Waals surface area contributed by atoms with Crippen molar-refractivity contribution in [2.75, 3.05) is 0 Å². The van der Waals surface area contributed by atoms with Crippen molar-refractivity contribution >= 4 is 6.29 Å². The van der Waals surface area contributed by atoms with Crippen LogP contribution in [-0.4, -0.2) is 6.29 Å². The maximum absolute atomic E-state index is 11.6. The maximum atomic E-state index is 11.6. The Morgan fingerprint density at radius 3 is 2.26 bits per heavy atom. The van der Waals surface area contributed by atoms with Gasteiger partial charge in [0.05, 0.1) is 5.41 Å². The molecule has 0 N–H and O–H groups in total. The summed E-state index contributed by atoms with van der Waals surface area (Å²) < 4.78 is 0. The molecule has 0 aliphatic rings. The molecule has 0 radical (unpaired) electrons. The van der Waals surface area contributed by atoms with Gasteiger partial charge in [-0.1, -0.05) is 59.7 Å². The van der Waals surface area contributed by atoms with Gasteiger partial charge < -0.3 is 4.79 Å². The Morgan fingerprint density at radius 1 is 1.00 bits per heavy atom. The monoisotopic (exact) mass is 252 g/mol. The first kappa shape index (κ1) is 13.5. The first-order chi connectivity index (χ1) is 9.03. The van der Waals surface area contributed by atoms with Crippen molar-refractivity contribution in [3.05, 3.63) is 70.8 Å². The van der Waals surface area contributed by atoms with E-state index in [9.17, 15) is 4.79 Å². The van der Waals surface area contributed by atoms with Crippen LogP contribution in [-0.2, 0) is 16.6 Å². The number of aldehydes is 1. The lowest BCUT2D eigenvalue weighted by Gasteiger charge is -2.24. The number of carbonyl (C=O) groups excluding carboxylic acids is 1. The van der Waals surface area contributed by atoms with Crippen LogP contribution in [0.4, 0.5) is 0 Å². The number of hydrogen-bond acceptors (Lipinski definition) is 1. The van der Waals surface area contributed by atoms with Crippen molar-refractivity contribution in [3.8, 4) is 0 Å². The Morgan fingerprint density at radius 2 is 1.68 bits per heavy atom. The van der Waals surface area contributed by atoms with E-state index < -0.39 is 5.41 Å². The van der Waals surface area contributed by atoms with Gasteiger partial charge in [-0.2, -0.15) is 0 Å². The molecule has 0 aliphatic heterocycles. The number of benzene rings is 2. The highest BCUT2D eigenvalue weighted by Crippen LogP contribution is 2.26. The number of aryl methyl sites for hydroxylation is 2. The lowest BCUT2D eigenvalue weighted by atomic mass is 9.78. The third kappa shape index (κ3) is 3.11. The third-order valence-electron chi connectivity index (χ3n) is 3.62. The SMILES string of the molecule is Cc1ccc(C(C)(C=O)Cc2cccc(C)c2)cc1. The summed E-state index contributed by atoms with van der Waals surface area (Å²) in [5.41, 5.74) is 4.27. The Balaban J connectivity index is 2.32. The van der Waals surface area contributed by atoms with Crippen molar-refractivity contribution in [2.45, 2.75) is 32.6 Å². The number of rotatable bonds is 4. The molecule has 0 bridgehead atoms. The first-order valence-electron chi connectivity index (χ1n) is 6.62. The molecule has 1 heteroatoms. The van der Waals surface area contributed by atoms with Crippen LogP contribution in [0.1, 0.15) is 29.2 Å². The molecular formula is C18H20O. The van der Waals surface area contributed by atoms with Gasteiger partial charge in [-0.15, -0.1) is 0 Å². The minimum atomic E-state index is -0.457. The average molecular weight is 252 g/mol. The third-order valence-corrected chi connectivity index (χ3v) is 3.62. The van der Waals surface area contributed by atoms with Crippen molar-refractivity contribution in [3.63, 3.8) is 0 Å². The summed E-state index contributed by atoms with van der Waals surface area (Å²) in [5.74, 6) is 0. The molecule has 0 aliphatic carbocycles. The summed E-state index contributed by atoms with van der Waals surface area (Å²) in [7, 11) is 0. The van der Waals surface area contributed by atoms with E-state index >= 15 is 0 Å². The molecule has 2 aromatic carbocycles. The van der Waals surface area contributed by atoms with Gasteiger partial charge in [0.2, 0.25) is 0 Å². The van der Waals surface area contributed by atoms with Crippen molar-refractivity contribution < 1.29 is 4.79 Å². The van der Waals surface area contributed by atoms with E-state index in [4.69, 9.17) is 0 Å². The summed E-state index contributed by atoms with van der Waals surface area (Å²) in [6, 6.07) is 16.6. The zero-order valence-electron chi connectivity index (χ0n) is 11.8. The summed E-state index contributed by atoms with van der Waals surface area (Å²) >= 11 is 0. The van der Waals surface area contributed by atoms with Crippen molar-refractivity contribution in [2.24, 2.45) is 0 Å². The smallest absolute Gasteiger partial charge is 0.130 e. The van der Waals surface area contributed by atoms with Crippen LogP contribution in [0.5, 0.6) is 0 Å². The largest absolute Gasteiger partial charge is 0.302 e. The van der Waals surface area contributed by atoms with Gasteiger partial charge in [0, 0.05) is 0 Å². The van der Waals surface area contributed by atoms with Gasteiger partial charge in [-0.05, 0) is 38.3 Å². The van der Waals surface area contributed by atoms with E-state index in [1.807, 2.05) is 13.0 Å². The second-order valence-corrected chi connectivity index (χ2v) is 5.57. The lowest BCUT2D eigenvalue weighted by molar-refractivity contribution is -0.112. The second kappa shape index (κ2) is 5.40. The van der Waals surface area contributed by atoms with E-state index in [2.05, 4.69) is 56.3 Å². The Bertz CT molecular complexity index is 568. The molecule has 19 heavy (non-hydrogen) atoms. The fraction of sp³-hybridized carbons (Fsp3) is 0.278. The first-order valence-corrected chi connectivity index (χ1v) is 6.62. The topological polar surface area (TPSA) is 17.1 Å². The number of hydrogen-bond donors (Lipinski definition) is 0. The molecular weight excluding hydrogens is 232 g/mol. The Labute approximate surface area is 115 Å². The molecule has 0 aromatic heterocycles. The molecule has 1 atom stereocenters. The fourth-order valence-corrected chi connectivity index (χ4v) is 2.39. The molecule has 0 saturated heterocycles. The molecule has 0 heterocycles. The normalized spacial score (nSPS) is 13.8. The summed E-state index contributed by atoms with van der Waals surface area (Å²) in [6.07, 6.45) is 1.81. The van der Waals surface area contributed by atoms with E-state index in [1.54, 1.807) is 0 Å². The molecule has 1 nitrogen and oxygen atoms in total. The Kier molecular flexibility index (Phi) is 3.84. The minimum Gasteiger partial charge on any atom is -0.302 e. The molecule has 2 rings (SSSR count). The van der Waals surface area contributed by atoms with Crippen molar-refractivity contribution in [1.29, 1.82) is 0 Å². The number of carbonyl (C=O) groups is 1. The fourth-order valence-electron chi connectivity index (χ4n) is 2.39. The van der Waals surface area contributed by atoms with E-state index in [0.717, 1.165) is 18.3 Å². The zero-order valence-corrected chi connectivity index (χ0v) is 11.8. The maximum Gasteiger partial charge on any atom is 0.130 e. The molecule has 0 saturated carbocycles. The molecule has 98 valence electrons. The van der Waals surface area contributed by atoms with Crippen LogP contribution in [0.3, 0.4) is 0 Å². The van der Waals surface area contributed by atoms with Gasteiger partial charge in [0.1, 0.15) is 6.29 Å². The molecule has 2 aromatic rings. The van der Waals surface area contributed by atoms with E-state index in [0.29, 0.717) is 0 Å². The van der Waals surface area contributed by atoms with Gasteiger partial charge in [0.15, 0.2) is 0 Å². The lowest BCUT2D eigenvalue weighted by Crippen LogP contribution is -2.26. The predicted octanol–water partition coefficient (Wildman–Crippen LogP) is 4.00. The molecule has 0 amide bonds. The van der Waals surface area contributed by atoms with Crippen LogP contribution in [0, 0.1) is 13.8 Å². The minimum absolute atomic E-state index is 0.457. The van der Waals surface area contributed by atoms with Gasteiger partial charge >= 0.3 is 0 Å². The second-order valence-electron chi connectivity index (χ2n) is 5.57. The van der Waals surface area contributed by atoms with E-state index in [-0.39, 0.29) is 0 Å². The van der Waals surface area contributed by atoms with Gasteiger partial charge in [-0.3, -0.25) is 0 Å². The van der Waals surface area contributed by atoms with Crippen LogP contribution < -0.4 is 0 Å². The highest BCUT2D eigenvalue weighted by molar-refractivity contribution is 5.68. The highest BCUT2D eigenvalue weighted by atomic mass is 16.1. The standard InChI is InChI=1S/C18H20O/c1-14-7-9-17(10-8-14)18(3,13-19)12-16-6-4-5-15(2)11-16/h4-11,13H,12H2,1-3H3. The van der Waals surface area contributed by atoms with Gasteiger partial charge in [0.25, 0.3) is 0 Å². The Hall–Kier alpha value is -1.89. The van der Waals surface area contributed by atoms with E-state index in [1.165, 1.54) is 16.7 Å². The van der Waals surface area contributed by atoms with Crippen molar-refractivity contribution in [1.82, 2.24) is 0 Å². The highest BCUT2D eigenvalue weighted by Gasteiger charge is 2.26. The van der Waals surface area contributed by atoms with Crippen LogP contribution in [0.25, 0.3) is 0 Å².